The third-order valence-electron chi connectivity index (χ3n) is 2.15. The number of nitrogens with zero attached hydrogens (tertiary/aromatic N) is 3. The zero-order chi connectivity index (χ0) is 12.3. The molecular weight excluding hydrogens is 210 g/mol. The van der Waals surface area contributed by atoms with E-state index >= 15 is 0 Å². The lowest BCUT2D eigenvalue weighted by Gasteiger charge is -2.11. The number of carboxylic acid groups (broad SMARTS) is 1. The molecule has 90 valence electrons. The van der Waals surface area contributed by atoms with Gasteiger partial charge >= 0.3 is 5.97 Å². The molecule has 1 aromatic heterocycles. The summed E-state index contributed by atoms with van der Waals surface area (Å²) in [6.07, 6.45) is -0.662. The molecule has 0 spiro atoms. The van der Waals surface area contributed by atoms with Gasteiger partial charge in [0.05, 0.1) is 30.5 Å². The number of aliphatic carboxylic acids is 1. The summed E-state index contributed by atoms with van der Waals surface area (Å²) in [6, 6.07) is 0. The average Bonchev–Trinajstić information content (AvgIpc) is 2.45. The SMILES string of the molecule is CC(O)Cn1nnc(CC(=O)O)c1C(C)C. The van der Waals surface area contributed by atoms with Crippen LogP contribution in [-0.4, -0.2) is 37.3 Å². The first kappa shape index (κ1) is 12.6. The van der Waals surface area contributed by atoms with Crippen molar-refractivity contribution in [2.75, 3.05) is 0 Å². The molecule has 1 atom stereocenters. The Balaban J connectivity index is 3.01. The monoisotopic (exact) mass is 227 g/mol. The number of aromatic nitrogens is 3. The molecule has 0 aliphatic rings. The maximum Gasteiger partial charge on any atom is 0.309 e. The Kier molecular flexibility index (Phi) is 4.00. The van der Waals surface area contributed by atoms with Crippen molar-refractivity contribution >= 4 is 5.97 Å². The lowest BCUT2D eigenvalue weighted by molar-refractivity contribution is -0.136. The fourth-order valence-electron chi connectivity index (χ4n) is 1.64. The number of aliphatic hydroxyl groups is 1. The van der Waals surface area contributed by atoms with Gasteiger partial charge in [-0.15, -0.1) is 5.10 Å². The van der Waals surface area contributed by atoms with Crippen LogP contribution in [0, 0.1) is 0 Å². The van der Waals surface area contributed by atoms with Gasteiger partial charge in [-0.05, 0) is 12.8 Å². The fourth-order valence-corrected chi connectivity index (χ4v) is 1.64. The van der Waals surface area contributed by atoms with Crippen LogP contribution < -0.4 is 0 Å². The first-order valence-electron chi connectivity index (χ1n) is 5.24. The Morgan fingerprint density at radius 1 is 1.44 bits per heavy atom. The van der Waals surface area contributed by atoms with Crippen molar-refractivity contribution in [3.8, 4) is 0 Å². The van der Waals surface area contributed by atoms with E-state index in [0.717, 1.165) is 5.69 Å². The Hall–Kier alpha value is -1.43. The highest BCUT2D eigenvalue weighted by Crippen LogP contribution is 2.18. The number of hydrogen-bond donors (Lipinski definition) is 2. The Morgan fingerprint density at radius 3 is 2.50 bits per heavy atom. The normalized spacial score (nSPS) is 13.1. The van der Waals surface area contributed by atoms with Crippen molar-refractivity contribution < 1.29 is 15.0 Å². The molecule has 1 rings (SSSR count). The lowest BCUT2D eigenvalue weighted by Crippen LogP contribution is -2.17. The third kappa shape index (κ3) is 3.03. The van der Waals surface area contributed by atoms with E-state index in [9.17, 15) is 9.90 Å². The number of rotatable bonds is 5. The van der Waals surface area contributed by atoms with Crippen molar-refractivity contribution in [1.29, 1.82) is 0 Å². The number of carboxylic acids is 1. The standard InChI is InChI=1S/C10H17N3O3/c1-6(2)10-8(4-9(15)16)11-12-13(10)5-7(3)14/h6-7,14H,4-5H2,1-3H3,(H,15,16). The molecule has 2 N–H and O–H groups in total. The van der Waals surface area contributed by atoms with E-state index in [4.69, 9.17) is 5.11 Å². The molecule has 0 fully saturated rings. The minimum absolute atomic E-state index is 0.128. The van der Waals surface area contributed by atoms with E-state index in [1.807, 2.05) is 13.8 Å². The molecule has 0 saturated heterocycles. The summed E-state index contributed by atoms with van der Waals surface area (Å²) >= 11 is 0. The van der Waals surface area contributed by atoms with Crippen molar-refractivity contribution in [3.05, 3.63) is 11.4 Å². The second-order valence-corrected chi connectivity index (χ2v) is 4.18. The quantitative estimate of drug-likeness (QED) is 0.760. The molecule has 0 aromatic carbocycles. The van der Waals surface area contributed by atoms with E-state index in [0.29, 0.717) is 12.2 Å². The smallest absolute Gasteiger partial charge is 0.309 e. The molecule has 0 saturated carbocycles. The molecular formula is C10H17N3O3. The van der Waals surface area contributed by atoms with Gasteiger partial charge in [-0.25, -0.2) is 4.68 Å². The van der Waals surface area contributed by atoms with E-state index in [2.05, 4.69) is 10.3 Å². The van der Waals surface area contributed by atoms with Crippen LogP contribution in [0.2, 0.25) is 0 Å². The van der Waals surface area contributed by atoms with Crippen molar-refractivity contribution in [3.63, 3.8) is 0 Å². The van der Waals surface area contributed by atoms with Crippen LogP contribution in [0.3, 0.4) is 0 Å². The molecule has 0 aliphatic carbocycles. The zero-order valence-electron chi connectivity index (χ0n) is 9.71. The van der Waals surface area contributed by atoms with Gasteiger partial charge in [0.1, 0.15) is 0 Å². The van der Waals surface area contributed by atoms with Crippen LogP contribution in [0.15, 0.2) is 0 Å². The van der Waals surface area contributed by atoms with Gasteiger partial charge in [0.15, 0.2) is 0 Å². The molecule has 1 unspecified atom stereocenters. The summed E-state index contributed by atoms with van der Waals surface area (Å²) < 4.78 is 1.58. The van der Waals surface area contributed by atoms with Gasteiger partial charge in [-0.3, -0.25) is 4.79 Å². The minimum atomic E-state index is -0.925. The molecule has 6 nitrogen and oxygen atoms in total. The van der Waals surface area contributed by atoms with Crippen LogP contribution >= 0.6 is 0 Å². The van der Waals surface area contributed by atoms with Crippen molar-refractivity contribution in [1.82, 2.24) is 15.0 Å². The Bertz CT molecular complexity index is 371. The largest absolute Gasteiger partial charge is 0.481 e. The van der Waals surface area contributed by atoms with Crippen molar-refractivity contribution in [2.45, 2.75) is 45.8 Å². The highest BCUT2D eigenvalue weighted by atomic mass is 16.4. The summed E-state index contributed by atoms with van der Waals surface area (Å²) in [4.78, 5) is 10.6. The van der Waals surface area contributed by atoms with Gasteiger partial charge in [-0.1, -0.05) is 19.1 Å². The highest BCUT2D eigenvalue weighted by molar-refractivity contribution is 5.69. The average molecular weight is 227 g/mol. The maximum absolute atomic E-state index is 10.6. The van der Waals surface area contributed by atoms with Crippen LogP contribution in [0.5, 0.6) is 0 Å². The number of carbonyl (C=O) groups is 1. The molecule has 0 aliphatic heterocycles. The molecule has 0 bridgehead atoms. The Labute approximate surface area is 93.9 Å². The van der Waals surface area contributed by atoms with Crippen LogP contribution in [0.1, 0.15) is 38.1 Å². The van der Waals surface area contributed by atoms with E-state index in [1.165, 1.54) is 0 Å². The summed E-state index contributed by atoms with van der Waals surface area (Å²) in [6.45, 7) is 5.88. The second-order valence-electron chi connectivity index (χ2n) is 4.18. The summed E-state index contributed by atoms with van der Waals surface area (Å²) in [5.41, 5.74) is 1.26. The third-order valence-corrected chi connectivity index (χ3v) is 2.15. The van der Waals surface area contributed by atoms with E-state index in [-0.39, 0.29) is 12.3 Å². The zero-order valence-corrected chi connectivity index (χ0v) is 9.71. The summed E-state index contributed by atoms with van der Waals surface area (Å²) in [7, 11) is 0. The second kappa shape index (κ2) is 5.07. The molecule has 1 heterocycles. The topological polar surface area (TPSA) is 88.2 Å². The number of aliphatic hydroxyl groups excluding tert-OH is 1. The van der Waals surface area contributed by atoms with Gasteiger partial charge in [0.25, 0.3) is 0 Å². The predicted octanol–water partition coefficient (Wildman–Crippen LogP) is 0.409. The Morgan fingerprint density at radius 2 is 2.06 bits per heavy atom. The number of hydrogen-bond acceptors (Lipinski definition) is 4. The molecule has 0 radical (unpaired) electrons. The van der Waals surface area contributed by atoms with E-state index < -0.39 is 12.1 Å². The van der Waals surface area contributed by atoms with Gasteiger partial charge < -0.3 is 10.2 Å². The molecule has 16 heavy (non-hydrogen) atoms. The van der Waals surface area contributed by atoms with Gasteiger partial charge in [-0.2, -0.15) is 0 Å². The summed E-state index contributed by atoms with van der Waals surface area (Å²) in [5, 5.41) is 25.8. The minimum Gasteiger partial charge on any atom is -0.481 e. The predicted molar refractivity (Wildman–Crippen MR) is 57.1 cm³/mol. The summed E-state index contributed by atoms with van der Waals surface area (Å²) in [5.74, 6) is -0.797. The molecule has 1 aromatic rings. The fraction of sp³-hybridized carbons (Fsp3) is 0.700. The van der Waals surface area contributed by atoms with Crippen molar-refractivity contribution in [2.24, 2.45) is 0 Å². The maximum atomic E-state index is 10.6. The van der Waals surface area contributed by atoms with Gasteiger partial charge in [0.2, 0.25) is 0 Å². The van der Waals surface area contributed by atoms with Crippen LogP contribution in [0.4, 0.5) is 0 Å². The molecule has 6 heteroatoms. The van der Waals surface area contributed by atoms with Crippen LogP contribution in [0.25, 0.3) is 0 Å². The first-order valence-corrected chi connectivity index (χ1v) is 5.24. The molecule has 0 amide bonds. The lowest BCUT2D eigenvalue weighted by atomic mass is 10.1. The first-order chi connectivity index (χ1) is 7.41. The van der Waals surface area contributed by atoms with E-state index in [1.54, 1.807) is 11.6 Å². The van der Waals surface area contributed by atoms with Gasteiger partial charge in [0, 0.05) is 0 Å². The van der Waals surface area contributed by atoms with Crippen LogP contribution in [-0.2, 0) is 17.8 Å². The highest BCUT2D eigenvalue weighted by Gasteiger charge is 2.18.